The van der Waals surface area contributed by atoms with Crippen LogP contribution in [0.1, 0.15) is 17.0 Å². The molecule has 0 spiro atoms. The smallest absolute Gasteiger partial charge is 0.320 e. The molecule has 96 valence electrons. The molecule has 1 aliphatic rings. The number of hydrogen-bond donors (Lipinski definition) is 0. The number of methoxy groups -OCH3 is 2. The molecule has 0 fully saturated rings. The van der Waals surface area contributed by atoms with Gasteiger partial charge in [0.1, 0.15) is 11.2 Å². The van der Waals surface area contributed by atoms with Crippen LogP contribution in [0.25, 0.3) is 0 Å². The molecule has 1 aliphatic heterocycles. The molecule has 0 aliphatic carbocycles. The van der Waals surface area contributed by atoms with Crippen LogP contribution >= 0.6 is 11.8 Å². The molecular weight excluding hydrogens is 252 g/mol. The topological polar surface area (TPSA) is 52.6 Å². The average molecular weight is 266 g/mol. The number of carbonyl (C=O) groups is 2. The number of thioether (sulfide) groups is 1. The lowest BCUT2D eigenvalue weighted by Crippen LogP contribution is -2.29. The van der Waals surface area contributed by atoms with Gasteiger partial charge in [-0.1, -0.05) is 17.7 Å². The maximum atomic E-state index is 11.9. The minimum absolute atomic E-state index is 0.399. The van der Waals surface area contributed by atoms with E-state index in [4.69, 9.17) is 9.47 Å². The third-order valence-electron chi connectivity index (χ3n) is 2.95. The molecule has 0 unspecified atom stereocenters. The summed E-state index contributed by atoms with van der Waals surface area (Å²) in [4.78, 5) is 24.6. The second-order valence-corrected chi connectivity index (χ2v) is 5.29. The maximum Gasteiger partial charge on any atom is 0.320 e. The Hall–Kier alpha value is -1.49. The fraction of sp³-hybridized carbons (Fsp3) is 0.385. The van der Waals surface area contributed by atoms with E-state index in [-0.39, 0.29) is 0 Å². The molecule has 18 heavy (non-hydrogen) atoms. The molecular formula is C13H14O4S. The number of benzene rings is 1. The third-order valence-corrected chi connectivity index (χ3v) is 4.29. The Kier molecular flexibility index (Phi) is 3.61. The first-order valence-corrected chi connectivity index (χ1v) is 6.39. The summed E-state index contributed by atoms with van der Waals surface area (Å²) in [6.07, 6.45) is 0. The number of rotatable bonds is 2. The predicted molar refractivity (Wildman–Crippen MR) is 67.6 cm³/mol. The summed E-state index contributed by atoms with van der Waals surface area (Å²) in [5.74, 6) is -1.38. The summed E-state index contributed by atoms with van der Waals surface area (Å²) in [5.41, 5.74) is 1.90. The van der Waals surface area contributed by atoms with Crippen LogP contribution in [0.2, 0.25) is 0 Å². The van der Waals surface area contributed by atoms with E-state index in [1.165, 1.54) is 26.0 Å². The van der Waals surface area contributed by atoms with Crippen LogP contribution < -0.4 is 0 Å². The van der Waals surface area contributed by atoms with E-state index >= 15 is 0 Å². The van der Waals surface area contributed by atoms with Gasteiger partial charge in [0.25, 0.3) is 0 Å². The van der Waals surface area contributed by atoms with E-state index in [1.54, 1.807) is 0 Å². The molecule has 1 heterocycles. The molecule has 0 saturated carbocycles. The first-order chi connectivity index (χ1) is 8.58. The van der Waals surface area contributed by atoms with Crippen LogP contribution in [0.4, 0.5) is 0 Å². The van der Waals surface area contributed by atoms with E-state index in [0.29, 0.717) is 0 Å². The minimum Gasteiger partial charge on any atom is -0.469 e. The molecule has 2 atom stereocenters. The third kappa shape index (κ3) is 2.10. The van der Waals surface area contributed by atoms with Crippen molar-refractivity contribution in [2.45, 2.75) is 23.0 Å². The van der Waals surface area contributed by atoms with Crippen molar-refractivity contribution in [3.8, 4) is 0 Å². The number of aryl methyl sites for hydroxylation is 1. The highest BCUT2D eigenvalue weighted by Gasteiger charge is 2.44. The maximum absolute atomic E-state index is 11.9. The van der Waals surface area contributed by atoms with Gasteiger partial charge in [-0.15, -0.1) is 11.8 Å². The van der Waals surface area contributed by atoms with E-state index in [2.05, 4.69) is 0 Å². The van der Waals surface area contributed by atoms with Crippen molar-refractivity contribution in [1.29, 1.82) is 0 Å². The highest BCUT2D eigenvalue weighted by molar-refractivity contribution is 8.01. The molecule has 0 amide bonds. The van der Waals surface area contributed by atoms with Crippen molar-refractivity contribution in [3.63, 3.8) is 0 Å². The Bertz CT molecular complexity index is 498. The Morgan fingerprint density at radius 1 is 1.17 bits per heavy atom. The predicted octanol–water partition coefficient (Wildman–Crippen LogP) is 1.90. The average Bonchev–Trinajstić information content (AvgIpc) is 2.75. The zero-order chi connectivity index (χ0) is 13.3. The summed E-state index contributed by atoms with van der Waals surface area (Å²) >= 11 is 1.35. The van der Waals surface area contributed by atoms with Crippen molar-refractivity contribution in [3.05, 3.63) is 29.3 Å². The largest absolute Gasteiger partial charge is 0.469 e. The highest BCUT2D eigenvalue weighted by atomic mass is 32.2. The Labute approximate surface area is 110 Å². The van der Waals surface area contributed by atoms with Crippen LogP contribution in [0.5, 0.6) is 0 Å². The molecule has 1 aromatic rings. The monoisotopic (exact) mass is 266 g/mol. The van der Waals surface area contributed by atoms with Gasteiger partial charge in [-0.25, -0.2) is 0 Å². The number of carbonyl (C=O) groups excluding carboxylic acids is 2. The molecule has 0 N–H and O–H groups in total. The van der Waals surface area contributed by atoms with Crippen LogP contribution in [-0.4, -0.2) is 31.4 Å². The van der Waals surface area contributed by atoms with Gasteiger partial charge in [-0.3, -0.25) is 9.59 Å². The van der Waals surface area contributed by atoms with E-state index in [9.17, 15) is 9.59 Å². The lowest BCUT2D eigenvalue weighted by molar-refractivity contribution is -0.148. The molecule has 2 rings (SSSR count). The molecule has 5 heteroatoms. The first kappa shape index (κ1) is 13.0. The summed E-state index contributed by atoms with van der Waals surface area (Å²) < 4.78 is 9.55. The molecule has 4 nitrogen and oxygen atoms in total. The highest BCUT2D eigenvalue weighted by Crippen LogP contribution is 2.46. The molecule has 0 aromatic heterocycles. The van der Waals surface area contributed by atoms with Crippen LogP contribution in [0.3, 0.4) is 0 Å². The van der Waals surface area contributed by atoms with E-state index in [0.717, 1.165) is 16.0 Å². The van der Waals surface area contributed by atoms with Gasteiger partial charge in [0, 0.05) is 4.90 Å². The second kappa shape index (κ2) is 5.02. The van der Waals surface area contributed by atoms with Gasteiger partial charge < -0.3 is 9.47 Å². The lowest BCUT2D eigenvalue weighted by Gasteiger charge is -2.15. The van der Waals surface area contributed by atoms with Crippen molar-refractivity contribution < 1.29 is 19.1 Å². The zero-order valence-electron chi connectivity index (χ0n) is 10.4. The van der Waals surface area contributed by atoms with Gasteiger partial charge >= 0.3 is 11.9 Å². The molecule has 0 radical (unpaired) electrons. The number of esters is 2. The zero-order valence-corrected chi connectivity index (χ0v) is 11.2. The van der Waals surface area contributed by atoms with Gasteiger partial charge in [0.05, 0.1) is 14.2 Å². The molecule has 0 bridgehead atoms. The summed E-state index contributed by atoms with van der Waals surface area (Å²) in [5, 5.41) is -0.556. The SMILES string of the molecule is COC(=O)[C@H]1Sc2ccc(C)cc2[C@@H]1C(=O)OC. The standard InChI is InChI=1S/C13H14O4S/c1-7-4-5-9-8(6-7)10(12(14)16-2)11(18-9)13(15)17-3/h4-6,10-11H,1-3H3/t10-,11-/m0/s1. The van der Waals surface area contributed by atoms with Crippen molar-refractivity contribution in [1.82, 2.24) is 0 Å². The summed E-state index contributed by atoms with van der Waals surface area (Å²) in [6, 6.07) is 5.81. The van der Waals surface area contributed by atoms with Crippen molar-refractivity contribution in [2.24, 2.45) is 0 Å². The van der Waals surface area contributed by atoms with Gasteiger partial charge in [-0.05, 0) is 18.6 Å². The fourth-order valence-corrected chi connectivity index (χ4v) is 3.39. The summed E-state index contributed by atoms with van der Waals surface area (Å²) in [6.45, 7) is 1.95. The summed E-state index contributed by atoms with van der Waals surface area (Å²) in [7, 11) is 2.65. The van der Waals surface area contributed by atoms with Gasteiger partial charge in [-0.2, -0.15) is 0 Å². The fourth-order valence-electron chi connectivity index (χ4n) is 2.06. The van der Waals surface area contributed by atoms with E-state index < -0.39 is 23.1 Å². The number of hydrogen-bond acceptors (Lipinski definition) is 5. The quantitative estimate of drug-likeness (QED) is 0.765. The number of ether oxygens (including phenoxy) is 2. The normalized spacial score (nSPS) is 21.3. The Morgan fingerprint density at radius 2 is 1.83 bits per heavy atom. The Balaban J connectivity index is 2.44. The lowest BCUT2D eigenvalue weighted by atomic mass is 9.94. The van der Waals surface area contributed by atoms with Gasteiger partial charge in [0.2, 0.25) is 0 Å². The molecule has 1 aromatic carbocycles. The van der Waals surface area contributed by atoms with Gasteiger partial charge in [0.15, 0.2) is 0 Å². The first-order valence-electron chi connectivity index (χ1n) is 5.51. The van der Waals surface area contributed by atoms with Crippen molar-refractivity contribution >= 4 is 23.7 Å². The van der Waals surface area contributed by atoms with Crippen LogP contribution in [-0.2, 0) is 19.1 Å². The molecule has 0 saturated heterocycles. The van der Waals surface area contributed by atoms with Crippen LogP contribution in [0.15, 0.2) is 23.1 Å². The van der Waals surface area contributed by atoms with Crippen molar-refractivity contribution in [2.75, 3.05) is 14.2 Å². The number of fused-ring (bicyclic) bond motifs is 1. The van der Waals surface area contributed by atoms with E-state index in [1.807, 2.05) is 25.1 Å². The minimum atomic E-state index is -0.581. The van der Waals surface area contributed by atoms with Crippen LogP contribution in [0, 0.1) is 6.92 Å². The second-order valence-electron chi connectivity index (χ2n) is 4.10. The Morgan fingerprint density at radius 3 is 2.44 bits per heavy atom.